The van der Waals surface area contributed by atoms with Gasteiger partial charge in [0.15, 0.2) is 0 Å². The van der Waals surface area contributed by atoms with Crippen LogP contribution in [-0.2, 0) is 0 Å². The Morgan fingerprint density at radius 3 is 0.448 bits per heavy atom. The van der Waals surface area contributed by atoms with Crippen molar-refractivity contribution < 1.29 is 0 Å². The molecule has 0 fully saturated rings. The third-order valence-electron chi connectivity index (χ3n) is 10.1. The molecule has 0 aliphatic carbocycles. The first-order valence-electron chi connectivity index (χ1n) is 19.6. The van der Waals surface area contributed by atoms with Crippen LogP contribution < -0.4 is 52.2 Å². The molecule has 9 rings (SSSR count). The summed E-state index contributed by atoms with van der Waals surface area (Å²) in [6.07, 6.45) is 0. The first-order chi connectivity index (χ1) is 28.8. The van der Waals surface area contributed by atoms with Gasteiger partial charge >= 0.3 is 366 Å². The Morgan fingerprint density at radius 2 is 0.276 bits per heavy atom. The molecular weight excluding hydrogens is 948 g/mol. The predicted octanol–water partition coefficient (Wildman–Crippen LogP) is 3.75. The second-order valence-electron chi connectivity index (χ2n) is 13.9. The van der Waals surface area contributed by atoms with E-state index in [0.29, 0.717) is 0 Å². The summed E-state index contributed by atoms with van der Waals surface area (Å²) >= 11 is -7.63. The van der Waals surface area contributed by atoms with Crippen molar-refractivity contribution in [3.63, 3.8) is 0 Å². The number of hydrogen-bond acceptors (Lipinski definition) is 0. The van der Waals surface area contributed by atoms with Gasteiger partial charge in [-0.05, 0) is 0 Å². The van der Waals surface area contributed by atoms with Gasteiger partial charge in [0, 0.05) is 0 Å². The van der Waals surface area contributed by atoms with Gasteiger partial charge in [-0.15, -0.1) is 0 Å². The quantitative estimate of drug-likeness (QED) is 0.164. The van der Waals surface area contributed by atoms with E-state index in [2.05, 4.69) is 255 Å². The number of benzene rings is 9. The van der Waals surface area contributed by atoms with Crippen LogP contribution in [0.25, 0.3) is 0 Å². The molecule has 9 aromatic carbocycles. The third-order valence-corrected chi connectivity index (χ3v) is 30.4. The Balaban J connectivity index is 1.23. The van der Waals surface area contributed by atoms with Crippen molar-refractivity contribution in [3.05, 3.63) is 255 Å². The Bertz CT molecular complexity index is 2250. The van der Waals surface area contributed by atoms with Gasteiger partial charge in [-0.2, -0.15) is 0 Å². The summed E-state index contributed by atoms with van der Waals surface area (Å²) < 4.78 is 17.7. The van der Waals surface area contributed by atoms with E-state index in [4.69, 9.17) is 0 Å². The molecule has 58 heavy (non-hydrogen) atoms. The Morgan fingerprint density at radius 1 is 0.138 bits per heavy atom. The van der Waals surface area contributed by atoms with Crippen molar-refractivity contribution >= 4 is 111 Å². The Kier molecular flexibility index (Phi) is 12.6. The zero-order valence-electron chi connectivity index (χ0n) is 32.0. The Hall–Kier alpha value is -4.79. The first-order valence-corrected chi connectivity index (χ1v) is 30.9. The second-order valence-corrected chi connectivity index (χ2v) is 32.5. The van der Waals surface area contributed by atoms with Crippen LogP contribution in [0.4, 0.5) is 0 Å². The van der Waals surface area contributed by atoms with Gasteiger partial charge in [0.1, 0.15) is 0 Å². The van der Waals surface area contributed by atoms with Crippen molar-refractivity contribution in [2.24, 2.45) is 0 Å². The fourth-order valence-electron chi connectivity index (χ4n) is 7.56. The molecule has 0 aromatic heterocycles. The molecule has 4 heteroatoms. The zero-order chi connectivity index (χ0) is 38.9. The second kappa shape index (κ2) is 18.9. The Labute approximate surface area is 362 Å². The molecule has 0 atom stereocenters. The molecule has 0 amide bonds. The minimum atomic E-state index is -2.11. The first kappa shape index (κ1) is 38.7. The van der Waals surface area contributed by atoms with E-state index in [1.165, 1.54) is 52.2 Å². The van der Waals surface area contributed by atoms with Gasteiger partial charge in [0.05, 0.1) is 0 Å². The maximum absolute atomic E-state index is 2.62. The minimum absolute atomic E-state index is 1.46. The molecule has 0 bridgehead atoms. The molecule has 0 saturated carbocycles. The predicted molar refractivity (Wildman–Crippen MR) is 257 cm³/mol. The SMILES string of the molecule is c1ccc([As](c2ccccc2)c2cccc([As](c3cccc([As](c4ccccc4)c4ccccc4)c3)c3cccc([As](c4ccccc4)c4ccccc4)c3)c2)cc1. The van der Waals surface area contributed by atoms with Gasteiger partial charge < -0.3 is 0 Å². The van der Waals surface area contributed by atoms with E-state index in [1.807, 2.05) is 0 Å². The van der Waals surface area contributed by atoms with E-state index < -0.39 is 58.6 Å². The van der Waals surface area contributed by atoms with E-state index >= 15 is 0 Å². The average molecular weight is 991 g/mol. The fourth-order valence-corrected chi connectivity index (χ4v) is 28.8. The summed E-state index contributed by atoms with van der Waals surface area (Å²) in [4.78, 5) is 0. The molecular formula is C54H42As4. The monoisotopic (exact) mass is 990 g/mol. The van der Waals surface area contributed by atoms with Crippen LogP contribution >= 0.6 is 0 Å². The van der Waals surface area contributed by atoms with Crippen LogP contribution in [0.2, 0.25) is 0 Å². The van der Waals surface area contributed by atoms with Crippen LogP contribution in [0.5, 0.6) is 0 Å². The molecule has 0 heterocycles. The van der Waals surface area contributed by atoms with Gasteiger partial charge in [-0.3, -0.25) is 0 Å². The van der Waals surface area contributed by atoms with Crippen molar-refractivity contribution in [2.45, 2.75) is 0 Å². The van der Waals surface area contributed by atoms with Crippen molar-refractivity contribution in [3.8, 4) is 0 Å². The molecule has 0 nitrogen and oxygen atoms in total. The van der Waals surface area contributed by atoms with Crippen molar-refractivity contribution in [1.82, 2.24) is 0 Å². The standard InChI is InChI=1S/C54H42As4/c1-7-22-43(23-8-1)55(44-24-9-2-10-25-44)49-34-19-37-52(40-49)58(53-38-20-35-50(41-53)56(45-26-11-3-12-27-45)46-28-13-4-14-29-46)54-39-21-36-51(42-54)57(47-30-15-5-16-31-47)48-32-17-6-18-33-48/h1-42H. The normalized spacial score (nSPS) is 11.4. The van der Waals surface area contributed by atoms with E-state index in [9.17, 15) is 0 Å². The summed E-state index contributed by atoms with van der Waals surface area (Å²) in [5, 5.41) is 0. The van der Waals surface area contributed by atoms with Crippen LogP contribution in [0.1, 0.15) is 0 Å². The zero-order valence-corrected chi connectivity index (χ0v) is 39.5. The van der Waals surface area contributed by atoms with E-state index in [1.54, 1.807) is 0 Å². The van der Waals surface area contributed by atoms with Gasteiger partial charge in [0.25, 0.3) is 0 Å². The molecule has 0 spiro atoms. The summed E-state index contributed by atoms with van der Waals surface area (Å²) in [5.41, 5.74) is 0. The number of rotatable bonds is 12. The summed E-state index contributed by atoms with van der Waals surface area (Å²) in [6, 6.07) is 97.0. The maximum atomic E-state index is 2.62. The molecule has 0 unspecified atom stereocenters. The summed E-state index contributed by atoms with van der Waals surface area (Å²) in [6.45, 7) is 0. The van der Waals surface area contributed by atoms with Crippen LogP contribution in [0.3, 0.4) is 0 Å². The van der Waals surface area contributed by atoms with E-state index in [0.717, 1.165) is 0 Å². The van der Waals surface area contributed by atoms with Crippen molar-refractivity contribution in [2.75, 3.05) is 0 Å². The van der Waals surface area contributed by atoms with Gasteiger partial charge in [-0.25, -0.2) is 0 Å². The molecule has 0 radical (unpaired) electrons. The van der Waals surface area contributed by atoms with Crippen molar-refractivity contribution in [1.29, 1.82) is 0 Å². The molecule has 0 aliphatic heterocycles. The third kappa shape index (κ3) is 8.79. The van der Waals surface area contributed by atoms with Crippen LogP contribution in [0, 0.1) is 0 Å². The molecule has 0 N–H and O–H groups in total. The van der Waals surface area contributed by atoms with Crippen LogP contribution in [-0.4, -0.2) is 58.6 Å². The fraction of sp³-hybridized carbons (Fsp3) is 0. The molecule has 0 aliphatic rings. The number of hydrogen-bond donors (Lipinski definition) is 0. The average Bonchev–Trinajstić information content (AvgIpc) is 3.30. The van der Waals surface area contributed by atoms with Gasteiger partial charge in [0.2, 0.25) is 0 Å². The van der Waals surface area contributed by atoms with E-state index in [-0.39, 0.29) is 0 Å². The molecule has 0 saturated heterocycles. The summed E-state index contributed by atoms with van der Waals surface area (Å²) in [5.74, 6) is 0. The molecule has 278 valence electrons. The molecule has 9 aromatic rings. The summed E-state index contributed by atoms with van der Waals surface area (Å²) in [7, 11) is 0. The van der Waals surface area contributed by atoms with Gasteiger partial charge in [-0.1, -0.05) is 0 Å². The van der Waals surface area contributed by atoms with Crippen LogP contribution in [0.15, 0.2) is 255 Å². The topological polar surface area (TPSA) is 0 Å².